The molecule has 2 heterocycles. The van der Waals surface area contributed by atoms with Crippen LogP contribution in [-0.4, -0.2) is 52.4 Å². The number of carbonyl (C=O) groups excluding carboxylic acids is 1. The Labute approximate surface area is 163 Å². The number of aromatic nitrogens is 3. The minimum atomic E-state index is -3.01. The number of aryl methyl sites for hydroxylation is 1. The Morgan fingerprint density at radius 3 is 2.93 bits per heavy atom. The molecule has 1 aromatic heterocycles. The molecule has 27 heavy (non-hydrogen) atoms. The van der Waals surface area contributed by atoms with Crippen molar-refractivity contribution in [2.24, 2.45) is 0 Å². The Bertz CT molecular complexity index is 953. The van der Waals surface area contributed by atoms with E-state index in [0.717, 1.165) is 17.0 Å². The third kappa shape index (κ3) is 4.98. The van der Waals surface area contributed by atoms with Gasteiger partial charge in [-0.05, 0) is 19.4 Å². The molecule has 1 aromatic carbocycles. The van der Waals surface area contributed by atoms with Crippen molar-refractivity contribution >= 4 is 27.5 Å². The van der Waals surface area contributed by atoms with Gasteiger partial charge in [-0.2, -0.15) is 0 Å². The monoisotopic (exact) mass is 406 g/mol. The average molecular weight is 407 g/mol. The van der Waals surface area contributed by atoms with Crippen LogP contribution in [0, 0.1) is 6.92 Å². The molecule has 1 aliphatic rings. The lowest BCUT2D eigenvalue weighted by molar-refractivity contribution is -0.119. The fourth-order valence-electron chi connectivity index (χ4n) is 3.00. The third-order valence-electron chi connectivity index (χ3n) is 4.23. The topological polar surface area (TPSA) is 94.0 Å². The number of sulfone groups is 1. The molecule has 1 amide bonds. The van der Waals surface area contributed by atoms with Gasteiger partial charge >= 0.3 is 0 Å². The van der Waals surface area contributed by atoms with Gasteiger partial charge in [-0.25, -0.2) is 8.42 Å². The first-order valence-electron chi connectivity index (χ1n) is 8.61. The molecule has 7 nitrogen and oxygen atoms in total. The molecule has 1 atom stereocenters. The van der Waals surface area contributed by atoms with E-state index in [1.54, 1.807) is 6.08 Å². The summed E-state index contributed by atoms with van der Waals surface area (Å²) in [6.45, 7) is 6.33. The van der Waals surface area contributed by atoms with Crippen LogP contribution in [0.25, 0.3) is 11.4 Å². The highest BCUT2D eigenvalue weighted by Gasteiger charge is 2.29. The number of carbonyl (C=O) groups is 1. The van der Waals surface area contributed by atoms with E-state index < -0.39 is 9.84 Å². The van der Waals surface area contributed by atoms with Crippen molar-refractivity contribution in [2.75, 3.05) is 17.3 Å². The molecule has 0 unspecified atom stereocenters. The van der Waals surface area contributed by atoms with Gasteiger partial charge in [0.1, 0.15) is 0 Å². The van der Waals surface area contributed by atoms with Crippen LogP contribution in [0.1, 0.15) is 12.0 Å². The van der Waals surface area contributed by atoms with Gasteiger partial charge in [0.2, 0.25) is 5.91 Å². The molecular weight excluding hydrogens is 384 g/mol. The molecule has 3 rings (SSSR count). The van der Waals surface area contributed by atoms with Crippen molar-refractivity contribution in [1.29, 1.82) is 0 Å². The molecule has 1 saturated heterocycles. The van der Waals surface area contributed by atoms with Crippen LogP contribution in [0.5, 0.6) is 0 Å². The number of hydrogen-bond acceptors (Lipinski definition) is 6. The summed E-state index contributed by atoms with van der Waals surface area (Å²) in [6.07, 6.45) is 2.24. The lowest BCUT2D eigenvalue weighted by atomic mass is 10.1. The molecular formula is C18H22N4O3S2. The van der Waals surface area contributed by atoms with Crippen LogP contribution in [-0.2, 0) is 21.2 Å². The zero-order chi connectivity index (χ0) is 19.4. The molecule has 0 aliphatic carbocycles. The van der Waals surface area contributed by atoms with E-state index in [1.807, 2.05) is 35.8 Å². The molecule has 144 valence electrons. The first kappa shape index (κ1) is 19.6. The van der Waals surface area contributed by atoms with Crippen molar-refractivity contribution in [1.82, 2.24) is 20.1 Å². The van der Waals surface area contributed by atoms with Crippen LogP contribution in [0.15, 0.2) is 42.1 Å². The Hall–Kier alpha value is -2.13. The lowest BCUT2D eigenvalue weighted by Crippen LogP contribution is -2.36. The predicted molar refractivity (Wildman–Crippen MR) is 106 cm³/mol. The molecule has 0 radical (unpaired) electrons. The summed E-state index contributed by atoms with van der Waals surface area (Å²) in [5.74, 6) is 0.835. The second-order valence-corrected chi connectivity index (χ2v) is 9.70. The minimum Gasteiger partial charge on any atom is -0.352 e. The van der Waals surface area contributed by atoms with E-state index in [4.69, 9.17) is 0 Å². The van der Waals surface area contributed by atoms with Gasteiger partial charge in [0, 0.05) is 18.2 Å². The van der Waals surface area contributed by atoms with Gasteiger partial charge in [-0.15, -0.1) is 16.8 Å². The molecule has 0 bridgehead atoms. The molecule has 0 spiro atoms. The van der Waals surface area contributed by atoms with Gasteiger partial charge in [0.25, 0.3) is 0 Å². The maximum Gasteiger partial charge on any atom is 0.230 e. The maximum atomic E-state index is 12.2. The second-order valence-electron chi connectivity index (χ2n) is 6.53. The Kier molecular flexibility index (Phi) is 6.01. The molecule has 1 aliphatic heterocycles. The van der Waals surface area contributed by atoms with Gasteiger partial charge < -0.3 is 5.32 Å². The maximum absolute atomic E-state index is 12.2. The molecule has 1 N–H and O–H groups in total. The minimum absolute atomic E-state index is 0.0214. The van der Waals surface area contributed by atoms with Crippen LogP contribution >= 0.6 is 11.8 Å². The van der Waals surface area contributed by atoms with Crippen LogP contribution < -0.4 is 5.32 Å². The fourth-order valence-corrected chi connectivity index (χ4v) is 5.43. The van der Waals surface area contributed by atoms with Crippen LogP contribution in [0.4, 0.5) is 0 Å². The highest BCUT2D eigenvalue weighted by molar-refractivity contribution is 7.99. The van der Waals surface area contributed by atoms with E-state index >= 15 is 0 Å². The highest BCUT2D eigenvalue weighted by Crippen LogP contribution is 2.24. The molecule has 9 heteroatoms. The summed E-state index contributed by atoms with van der Waals surface area (Å²) in [5.41, 5.74) is 2.08. The fraction of sp³-hybridized carbons (Fsp3) is 0.389. The number of allylic oxidation sites excluding steroid dienone is 1. The van der Waals surface area contributed by atoms with Gasteiger partial charge in [0.05, 0.1) is 17.3 Å². The number of amides is 1. The van der Waals surface area contributed by atoms with Gasteiger partial charge in [0.15, 0.2) is 20.8 Å². The Balaban J connectivity index is 1.68. The number of thioether (sulfide) groups is 1. The van der Waals surface area contributed by atoms with E-state index in [-0.39, 0.29) is 29.2 Å². The predicted octanol–water partition coefficient (Wildman–Crippen LogP) is 1.83. The molecule has 2 aromatic rings. The first-order chi connectivity index (χ1) is 12.9. The summed E-state index contributed by atoms with van der Waals surface area (Å²) in [6, 6.07) is 7.69. The van der Waals surface area contributed by atoms with Gasteiger partial charge in [-0.1, -0.05) is 41.6 Å². The van der Waals surface area contributed by atoms with E-state index in [2.05, 4.69) is 22.1 Å². The summed E-state index contributed by atoms with van der Waals surface area (Å²) >= 11 is 1.28. The first-order valence-corrected chi connectivity index (χ1v) is 11.4. The SMILES string of the molecule is C=CCn1c(SCC(=O)N[C@@H]2CCS(=O)(=O)C2)nnc1-c1cccc(C)c1. The normalized spacial score (nSPS) is 18.3. The van der Waals surface area contributed by atoms with E-state index in [9.17, 15) is 13.2 Å². The van der Waals surface area contributed by atoms with Crippen molar-refractivity contribution in [3.05, 3.63) is 42.5 Å². The van der Waals surface area contributed by atoms with Crippen molar-refractivity contribution in [2.45, 2.75) is 31.1 Å². The summed E-state index contributed by atoms with van der Waals surface area (Å²) in [4.78, 5) is 12.2. The van der Waals surface area contributed by atoms with Crippen molar-refractivity contribution in [3.63, 3.8) is 0 Å². The lowest BCUT2D eigenvalue weighted by Gasteiger charge is -2.11. The number of hydrogen-bond donors (Lipinski definition) is 1. The standard InChI is InChI=1S/C18H22N4O3S2/c1-3-8-22-17(14-6-4-5-13(2)10-14)20-21-18(22)26-11-16(23)19-15-7-9-27(24,25)12-15/h3-6,10,15H,1,7-9,11-12H2,2H3,(H,19,23)/t15-/m1/s1. The van der Waals surface area contributed by atoms with Crippen molar-refractivity contribution < 1.29 is 13.2 Å². The number of nitrogens with zero attached hydrogens (tertiary/aromatic N) is 3. The summed E-state index contributed by atoms with van der Waals surface area (Å²) < 4.78 is 24.9. The zero-order valence-corrected chi connectivity index (χ0v) is 16.7. The second kappa shape index (κ2) is 8.26. The Morgan fingerprint density at radius 1 is 1.44 bits per heavy atom. The zero-order valence-electron chi connectivity index (χ0n) is 15.1. The van der Waals surface area contributed by atoms with Crippen molar-refractivity contribution in [3.8, 4) is 11.4 Å². The number of nitrogens with one attached hydrogen (secondary N) is 1. The van der Waals surface area contributed by atoms with Gasteiger partial charge in [-0.3, -0.25) is 9.36 Å². The third-order valence-corrected chi connectivity index (χ3v) is 6.97. The summed E-state index contributed by atoms with van der Waals surface area (Å²) in [5, 5.41) is 11.9. The number of rotatable bonds is 7. The Morgan fingerprint density at radius 2 is 2.26 bits per heavy atom. The molecule has 1 fully saturated rings. The quantitative estimate of drug-likeness (QED) is 0.557. The largest absolute Gasteiger partial charge is 0.352 e. The summed E-state index contributed by atoms with van der Waals surface area (Å²) in [7, 11) is -3.01. The molecule has 0 saturated carbocycles. The van der Waals surface area contributed by atoms with Crippen LogP contribution in [0.2, 0.25) is 0 Å². The van der Waals surface area contributed by atoms with E-state index in [0.29, 0.717) is 18.1 Å². The number of benzene rings is 1. The highest BCUT2D eigenvalue weighted by atomic mass is 32.2. The average Bonchev–Trinajstić information content (AvgIpc) is 3.16. The van der Waals surface area contributed by atoms with Crippen LogP contribution in [0.3, 0.4) is 0 Å². The van der Waals surface area contributed by atoms with E-state index in [1.165, 1.54) is 11.8 Å². The smallest absolute Gasteiger partial charge is 0.230 e.